The third-order valence-electron chi connectivity index (χ3n) is 3.81. The lowest BCUT2D eigenvalue weighted by atomic mass is 9.93. The molecule has 1 unspecified atom stereocenters. The van der Waals surface area contributed by atoms with Gasteiger partial charge in [-0.25, -0.2) is 0 Å². The number of nitrogens with one attached hydrogen (secondary N) is 1. The number of fused-ring (bicyclic) bond motifs is 1. The Morgan fingerprint density at radius 3 is 2.89 bits per heavy atom. The molecule has 19 heavy (non-hydrogen) atoms. The minimum absolute atomic E-state index is 0.482. The van der Waals surface area contributed by atoms with Crippen LogP contribution in [0.25, 0.3) is 0 Å². The van der Waals surface area contributed by atoms with Gasteiger partial charge in [0.2, 0.25) is 0 Å². The molecule has 0 saturated heterocycles. The molecule has 1 nitrogen and oxygen atoms in total. The highest BCUT2D eigenvalue weighted by molar-refractivity contribution is 6.31. The molecule has 0 fully saturated rings. The molecule has 2 aromatic carbocycles. The molecule has 0 saturated carbocycles. The van der Waals surface area contributed by atoms with Crippen LogP contribution in [0.3, 0.4) is 0 Å². The van der Waals surface area contributed by atoms with Crippen LogP contribution in [0.4, 0.5) is 5.69 Å². The summed E-state index contributed by atoms with van der Waals surface area (Å²) in [5.74, 6) is 0. The molecule has 98 valence electrons. The number of benzene rings is 2. The van der Waals surface area contributed by atoms with Crippen molar-refractivity contribution in [3.8, 4) is 0 Å². The van der Waals surface area contributed by atoms with Gasteiger partial charge in [-0.2, -0.15) is 0 Å². The molecule has 1 aliphatic rings. The summed E-state index contributed by atoms with van der Waals surface area (Å²) in [6.07, 6.45) is 3.31. The maximum absolute atomic E-state index is 6.32. The number of hydrogen-bond donors (Lipinski definition) is 1. The summed E-state index contributed by atoms with van der Waals surface area (Å²) < 4.78 is 0. The van der Waals surface area contributed by atoms with Crippen molar-refractivity contribution in [3.63, 3.8) is 0 Å². The van der Waals surface area contributed by atoms with Crippen molar-refractivity contribution in [2.75, 3.05) is 5.32 Å². The van der Waals surface area contributed by atoms with Crippen LogP contribution in [0.2, 0.25) is 5.02 Å². The average molecular weight is 272 g/mol. The number of anilines is 1. The Kier molecular flexibility index (Phi) is 3.48. The molecule has 1 aliphatic heterocycles. The molecular formula is C17H18ClN. The second-order valence-corrected chi connectivity index (χ2v) is 5.74. The molecule has 1 atom stereocenters. The van der Waals surface area contributed by atoms with E-state index >= 15 is 0 Å². The standard InChI is InChI=1S/C17H18ClN/c1-12-6-7-14(16(18)10-12)11-15-9-8-13-4-2-3-5-17(13)19-15/h2-7,10,15,19H,8-9,11H2,1H3. The molecule has 1 N–H and O–H groups in total. The van der Waals surface area contributed by atoms with Crippen LogP contribution in [0.5, 0.6) is 0 Å². The molecule has 2 aromatic rings. The summed E-state index contributed by atoms with van der Waals surface area (Å²) in [6, 6.07) is 15.4. The first kappa shape index (κ1) is 12.6. The van der Waals surface area contributed by atoms with Gasteiger partial charge >= 0.3 is 0 Å². The molecule has 2 heteroatoms. The predicted octanol–water partition coefficient (Wildman–Crippen LogP) is 4.62. The first-order valence-electron chi connectivity index (χ1n) is 6.82. The van der Waals surface area contributed by atoms with E-state index in [0.717, 1.165) is 17.9 Å². The summed E-state index contributed by atoms with van der Waals surface area (Å²) >= 11 is 6.32. The Bertz CT molecular complexity index is 592. The van der Waals surface area contributed by atoms with Crippen LogP contribution in [-0.4, -0.2) is 6.04 Å². The zero-order valence-corrected chi connectivity index (χ0v) is 11.9. The third kappa shape index (κ3) is 2.76. The van der Waals surface area contributed by atoms with Crippen molar-refractivity contribution in [2.45, 2.75) is 32.2 Å². The maximum Gasteiger partial charge on any atom is 0.0441 e. The van der Waals surface area contributed by atoms with Crippen LogP contribution in [0, 0.1) is 6.92 Å². The van der Waals surface area contributed by atoms with Gasteiger partial charge in [-0.3, -0.25) is 0 Å². The highest BCUT2D eigenvalue weighted by Gasteiger charge is 2.18. The van der Waals surface area contributed by atoms with Gasteiger partial charge in [0.1, 0.15) is 0 Å². The Morgan fingerprint density at radius 1 is 1.21 bits per heavy atom. The SMILES string of the molecule is Cc1ccc(CC2CCc3ccccc3N2)c(Cl)c1. The molecule has 3 rings (SSSR count). The molecule has 0 spiro atoms. The number of hydrogen-bond acceptors (Lipinski definition) is 1. The fourth-order valence-corrected chi connectivity index (χ4v) is 3.05. The van der Waals surface area contributed by atoms with E-state index in [9.17, 15) is 0 Å². The van der Waals surface area contributed by atoms with Gasteiger partial charge in [-0.05, 0) is 55.0 Å². The summed E-state index contributed by atoms with van der Waals surface area (Å²) in [7, 11) is 0. The average Bonchev–Trinajstić information content (AvgIpc) is 2.42. The topological polar surface area (TPSA) is 12.0 Å². The van der Waals surface area contributed by atoms with Crippen LogP contribution in [0.15, 0.2) is 42.5 Å². The molecule has 0 amide bonds. The van der Waals surface area contributed by atoms with E-state index in [1.54, 1.807) is 0 Å². The summed E-state index contributed by atoms with van der Waals surface area (Å²) in [5.41, 5.74) is 5.16. The van der Waals surface area contributed by atoms with E-state index in [1.165, 1.54) is 28.8 Å². The largest absolute Gasteiger partial charge is 0.382 e. The van der Waals surface area contributed by atoms with Crippen molar-refractivity contribution in [1.82, 2.24) is 0 Å². The number of rotatable bonds is 2. The van der Waals surface area contributed by atoms with Gasteiger partial charge < -0.3 is 5.32 Å². The van der Waals surface area contributed by atoms with Crippen molar-refractivity contribution in [3.05, 3.63) is 64.2 Å². The van der Waals surface area contributed by atoms with E-state index in [-0.39, 0.29) is 0 Å². The second-order valence-electron chi connectivity index (χ2n) is 5.34. The molecule has 1 heterocycles. The van der Waals surface area contributed by atoms with E-state index < -0.39 is 0 Å². The lowest BCUT2D eigenvalue weighted by Crippen LogP contribution is -2.27. The highest BCUT2D eigenvalue weighted by Crippen LogP contribution is 2.27. The minimum Gasteiger partial charge on any atom is -0.382 e. The lowest BCUT2D eigenvalue weighted by molar-refractivity contribution is 0.628. The van der Waals surface area contributed by atoms with Crippen molar-refractivity contribution < 1.29 is 0 Å². The van der Waals surface area contributed by atoms with Crippen LogP contribution in [-0.2, 0) is 12.8 Å². The molecular weight excluding hydrogens is 254 g/mol. The quantitative estimate of drug-likeness (QED) is 0.841. The first-order chi connectivity index (χ1) is 9.22. The zero-order valence-electron chi connectivity index (χ0n) is 11.1. The van der Waals surface area contributed by atoms with Crippen LogP contribution < -0.4 is 5.32 Å². The van der Waals surface area contributed by atoms with Gasteiger partial charge in [0.05, 0.1) is 0 Å². The van der Waals surface area contributed by atoms with E-state index in [0.29, 0.717) is 6.04 Å². The summed E-state index contributed by atoms with van der Waals surface area (Å²) in [6.45, 7) is 2.07. The fraction of sp³-hybridized carbons (Fsp3) is 0.294. The number of halogens is 1. The third-order valence-corrected chi connectivity index (χ3v) is 4.17. The molecule has 0 bridgehead atoms. The van der Waals surface area contributed by atoms with E-state index in [1.807, 2.05) is 6.07 Å². The molecule has 0 aliphatic carbocycles. The molecule has 0 aromatic heterocycles. The predicted molar refractivity (Wildman–Crippen MR) is 82.1 cm³/mol. The van der Waals surface area contributed by atoms with Gasteiger partial charge in [-0.15, -0.1) is 0 Å². The summed E-state index contributed by atoms with van der Waals surface area (Å²) in [4.78, 5) is 0. The Balaban J connectivity index is 1.75. The zero-order chi connectivity index (χ0) is 13.2. The lowest BCUT2D eigenvalue weighted by Gasteiger charge is -2.27. The maximum atomic E-state index is 6.32. The minimum atomic E-state index is 0.482. The van der Waals surface area contributed by atoms with Gasteiger partial charge in [0, 0.05) is 16.8 Å². The van der Waals surface area contributed by atoms with Gasteiger partial charge in [0.25, 0.3) is 0 Å². The second kappa shape index (κ2) is 5.26. The van der Waals surface area contributed by atoms with Gasteiger partial charge in [0.15, 0.2) is 0 Å². The Hall–Kier alpha value is -1.47. The first-order valence-corrected chi connectivity index (χ1v) is 7.19. The van der Waals surface area contributed by atoms with Crippen molar-refractivity contribution in [1.29, 1.82) is 0 Å². The number of aryl methyl sites for hydroxylation is 2. The molecule has 0 radical (unpaired) electrons. The smallest absolute Gasteiger partial charge is 0.0441 e. The Morgan fingerprint density at radius 2 is 2.05 bits per heavy atom. The monoisotopic (exact) mass is 271 g/mol. The van der Waals surface area contributed by atoms with Gasteiger partial charge in [-0.1, -0.05) is 41.9 Å². The number of para-hydroxylation sites is 1. The normalized spacial score (nSPS) is 17.7. The van der Waals surface area contributed by atoms with Crippen LogP contribution >= 0.6 is 11.6 Å². The van der Waals surface area contributed by atoms with Crippen molar-refractivity contribution >= 4 is 17.3 Å². The summed E-state index contributed by atoms with van der Waals surface area (Å²) in [5, 5.41) is 4.52. The fourth-order valence-electron chi connectivity index (χ4n) is 2.74. The van der Waals surface area contributed by atoms with Crippen molar-refractivity contribution in [2.24, 2.45) is 0 Å². The van der Waals surface area contributed by atoms with E-state index in [4.69, 9.17) is 11.6 Å². The Labute approximate surface area is 119 Å². The highest BCUT2D eigenvalue weighted by atomic mass is 35.5. The van der Waals surface area contributed by atoms with E-state index in [2.05, 4.69) is 48.6 Å². The van der Waals surface area contributed by atoms with Crippen LogP contribution in [0.1, 0.15) is 23.1 Å².